The fraction of sp³-hybridized carbons (Fsp3) is 0.176. The van der Waals surface area contributed by atoms with Gasteiger partial charge in [0.25, 0.3) is 5.91 Å². The van der Waals surface area contributed by atoms with E-state index in [0.29, 0.717) is 0 Å². The van der Waals surface area contributed by atoms with Crippen LogP contribution in [0.2, 0.25) is 5.02 Å². The molecule has 10 nitrogen and oxygen atoms in total. The van der Waals surface area contributed by atoms with Crippen LogP contribution in [0.3, 0.4) is 0 Å². The summed E-state index contributed by atoms with van der Waals surface area (Å²) in [4.78, 5) is 15.1. The summed E-state index contributed by atoms with van der Waals surface area (Å²) in [5.74, 6) is -1.44. The number of nitrogens with zero attached hydrogens (tertiary/aromatic N) is 2. The monoisotopic (exact) mass is 474 g/mol. The van der Waals surface area contributed by atoms with Crippen LogP contribution in [0.4, 0.5) is 0 Å². The molecule has 13 heteroatoms. The van der Waals surface area contributed by atoms with Crippen LogP contribution < -0.4 is 16.2 Å². The largest absolute Gasteiger partial charge is 0.456 e. The number of ether oxygens (including phenoxy) is 1. The van der Waals surface area contributed by atoms with E-state index >= 15 is 0 Å². The fourth-order valence-corrected chi connectivity index (χ4v) is 4.20. The first-order chi connectivity index (χ1) is 13.7. The Morgan fingerprint density at radius 1 is 1.07 bits per heavy atom. The highest BCUT2D eigenvalue weighted by Crippen LogP contribution is 2.34. The molecular formula is C17H19ClN4O6S2. The van der Waals surface area contributed by atoms with E-state index in [0.717, 1.165) is 22.7 Å². The van der Waals surface area contributed by atoms with E-state index in [4.69, 9.17) is 27.8 Å². The molecule has 0 heterocycles. The molecule has 2 aromatic carbocycles. The van der Waals surface area contributed by atoms with E-state index in [-0.39, 0.29) is 31.9 Å². The van der Waals surface area contributed by atoms with Crippen LogP contribution >= 0.6 is 11.6 Å². The Morgan fingerprint density at radius 2 is 1.63 bits per heavy atom. The number of sulfone groups is 1. The van der Waals surface area contributed by atoms with Crippen molar-refractivity contribution in [2.45, 2.75) is 9.79 Å². The van der Waals surface area contributed by atoms with Crippen molar-refractivity contribution in [2.75, 3.05) is 20.4 Å². The van der Waals surface area contributed by atoms with Gasteiger partial charge in [0.2, 0.25) is 10.0 Å². The van der Waals surface area contributed by atoms with Crippen LogP contribution in [0, 0.1) is 0 Å². The van der Waals surface area contributed by atoms with Gasteiger partial charge in [-0.3, -0.25) is 4.79 Å². The number of carbonyl (C=O) groups excluding carboxylic acids is 1. The molecule has 0 aliphatic heterocycles. The van der Waals surface area contributed by atoms with Gasteiger partial charge in [-0.05, 0) is 30.3 Å². The number of amides is 1. The lowest BCUT2D eigenvalue weighted by atomic mass is 10.2. The van der Waals surface area contributed by atoms with Gasteiger partial charge in [0.1, 0.15) is 16.4 Å². The molecule has 1 amide bonds. The van der Waals surface area contributed by atoms with Crippen LogP contribution in [-0.4, -0.2) is 53.4 Å². The zero-order valence-electron chi connectivity index (χ0n) is 16.2. The smallest absolute Gasteiger partial charge is 0.281 e. The molecule has 162 valence electrons. The fourth-order valence-electron chi connectivity index (χ4n) is 2.26. The van der Waals surface area contributed by atoms with Gasteiger partial charge in [-0.2, -0.15) is 4.99 Å². The second kappa shape index (κ2) is 8.60. The normalized spacial score (nSPS) is 11.9. The summed E-state index contributed by atoms with van der Waals surface area (Å²) in [6.07, 6.45) is 0.921. The molecule has 0 aliphatic carbocycles. The number of nitrogens with two attached hydrogens (primary N) is 2. The van der Waals surface area contributed by atoms with E-state index in [2.05, 4.69) is 4.99 Å². The first-order valence-corrected chi connectivity index (χ1v) is 11.8. The van der Waals surface area contributed by atoms with Crippen LogP contribution in [0.5, 0.6) is 11.5 Å². The number of aliphatic imine (C=N–C) groups is 1. The van der Waals surface area contributed by atoms with E-state index in [1.807, 2.05) is 0 Å². The lowest BCUT2D eigenvalue weighted by Crippen LogP contribution is -2.24. The number of guanidine groups is 1. The van der Waals surface area contributed by atoms with Crippen LogP contribution in [0.15, 0.2) is 51.2 Å². The number of halogens is 1. The molecule has 0 atom stereocenters. The second-order valence-corrected chi connectivity index (χ2v) is 10.8. The highest BCUT2D eigenvalue weighted by atomic mass is 35.5. The molecule has 2 aromatic rings. The summed E-state index contributed by atoms with van der Waals surface area (Å²) >= 11 is 6.08. The van der Waals surface area contributed by atoms with Crippen molar-refractivity contribution in [2.24, 2.45) is 16.5 Å². The van der Waals surface area contributed by atoms with Gasteiger partial charge >= 0.3 is 0 Å². The summed E-state index contributed by atoms with van der Waals surface area (Å²) in [5, 5.41) is -0.140. The minimum absolute atomic E-state index is 0.0272. The number of sulfonamides is 1. The van der Waals surface area contributed by atoms with E-state index < -0.39 is 31.7 Å². The predicted molar refractivity (Wildman–Crippen MR) is 112 cm³/mol. The minimum Gasteiger partial charge on any atom is -0.456 e. The Kier molecular flexibility index (Phi) is 6.76. The molecular weight excluding hydrogens is 456 g/mol. The minimum atomic E-state index is -3.85. The van der Waals surface area contributed by atoms with Crippen molar-refractivity contribution in [1.29, 1.82) is 0 Å². The Balaban J connectivity index is 2.51. The van der Waals surface area contributed by atoms with Gasteiger partial charge in [-0.15, -0.1) is 0 Å². The number of hydrogen-bond donors (Lipinski definition) is 2. The third-order valence-electron chi connectivity index (χ3n) is 3.72. The van der Waals surface area contributed by atoms with Crippen LogP contribution in [0.1, 0.15) is 10.4 Å². The molecule has 4 N–H and O–H groups in total. The van der Waals surface area contributed by atoms with E-state index in [9.17, 15) is 21.6 Å². The molecule has 0 aromatic heterocycles. The maximum atomic E-state index is 12.2. The van der Waals surface area contributed by atoms with Gasteiger partial charge in [0, 0.05) is 26.4 Å². The molecule has 0 radical (unpaired) electrons. The van der Waals surface area contributed by atoms with Crippen molar-refractivity contribution in [3.63, 3.8) is 0 Å². The standard InChI is InChI=1S/C17H19ClN4O6S2/c1-22(2)30(26,27)11-6-4-10(5-7-11)28-14-9-13(18)12(16(23)21-17(19)20)8-15(14)29(3,24)25/h4-9H,1-3H3,(H4,19,20,21,23). The first kappa shape index (κ1) is 23.6. The summed E-state index contributed by atoms with van der Waals surface area (Å²) in [6.45, 7) is 0. The highest BCUT2D eigenvalue weighted by molar-refractivity contribution is 7.90. The SMILES string of the molecule is CN(C)S(=O)(=O)c1ccc(Oc2cc(Cl)c(C(=O)N=C(N)N)cc2S(C)(=O)=O)cc1. The van der Waals surface area contributed by atoms with Gasteiger partial charge in [-0.25, -0.2) is 21.1 Å². The molecule has 0 saturated heterocycles. The van der Waals surface area contributed by atoms with Gasteiger partial charge in [0.15, 0.2) is 15.8 Å². The Morgan fingerprint density at radius 3 is 2.10 bits per heavy atom. The predicted octanol–water partition coefficient (Wildman–Crippen LogP) is 1.20. The lowest BCUT2D eigenvalue weighted by molar-refractivity contribution is 0.100. The van der Waals surface area contributed by atoms with Crippen molar-refractivity contribution >= 4 is 43.3 Å². The third kappa shape index (κ3) is 5.27. The van der Waals surface area contributed by atoms with Crippen LogP contribution in [-0.2, 0) is 19.9 Å². The highest BCUT2D eigenvalue weighted by Gasteiger charge is 2.22. The topological polar surface area (TPSA) is 162 Å². The van der Waals surface area contributed by atoms with Gasteiger partial charge in [-0.1, -0.05) is 11.6 Å². The summed E-state index contributed by atoms with van der Waals surface area (Å²) in [7, 11) is -4.70. The summed E-state index contributed by atoms with van der Waals surface area (Å²) in [5.41, 5.74) is 10.1. The number of hydrogen-bond acceptors (Lipinski definition) is 6. The maximum absolute atomic E-state index is 12.2. The lowest BCUT2D eigenvalue weighted by Gasteiger charge is -2.14. The average Bonchev–Trinajstić information content (AvgIpc) is 2.60. The third-order valence-corrected chi connectivity index (χ3v) is 6.98. The molecule has 0 fully saturated rings. The second-order valence-electron chi connectivity index (χ2n) is 6.25. The van der Waals surface area contributed by atoms with Crippen molar-refractivity contribution in [3.8, 4) is 11.5 Å². The van der Waals surface area contributed by atoms with E-state index in [1.54, 1.807) is 0 Å². The van der Waals surface area contributed by atoms with Crippen LogP contribution in [0.25, 0.3) is 0 Å². The maximum Gasteiger partial charge on any atom is 0.281 e. The molecule has 0 spiro atoms. The summed E-state index contributed by atoms with van der Waals surface area (Å²) in [6, 6.07) is 7.47. The Hall–Kier alpha value is -2.67. The first-order valence-electron chi connectivity index (χ1n) is 8.11. The molecule has 0 bridgehead atoms. The molecule has 30 heavy (non-hydrogen) atoms. The molecule has 0 saturated carbocycles. The Labute approximate surface area is 179 Å². The Bertz CT molecular complexity index is 1220. The number of benzene rings is 2. The molecule has 0 aliphatic rings. The molecule has 0 unspecified atom stereocenters. The van der Waals surface area contributed by atoms with E-state index in [1.165, 1.54) is 38.4 Å². The summed E-state index contributed by atoms with van der Waals surface area (Å²) < 4.78 is 55.3. The number of carbonyl (C=O) groups is 1. The average molecular weight is 475 g/mol. The zero-order valence-corrected chi connectivity index (χ0v) is 18.5. The van der Waals surface area contributed by atoms with Crippen molar-refractivity contribution in [1.82, 2.24) is 4.31 Å². The van der Waals surface area contributed by atoms with Crippen molar-refractivity contribution < 1.29 is 26.4 Å². The van der Waals surface area contributed by atoms with Crippen molar-refractivity contribution in [3.05, 3.63) is 47.0 Å². The zero-order chi connectivity index (χ0) is 22.9. The number of rotatable bonds is 6. The molecule has 2 rings (SSSR count). The van der Waals surface area contributed by atoms with Gasteiger partial charge in [0.05, 0.1) is 15.5 Å². The quantitative estimate of drug-likeness (QED) is 0.466. The van der Waals surface area contributed by atoms with Gasteiger partial charge < -0.3 is 16.2 Å².